The number of aromatic nitrogens is 4. The van der Waals surface area contributed by atoms with Crippen molar-refractivity contribution in [3.63, 3.8) is 0 Å². The number of nitrogens with zero attached hydrogens (tertiary/aromatic N) is 5. The van der Waals surface area contributed by atoms with Gasteiger partial charge in [0.2, 0.25) is 11.1 Å². The van der Waals surface area contributed by atoms with E-state index in [1.54, 1.807) is 16.0 Å². The number of para-hydroxylation sites is 1. The molecule has 7 nitrogen and oxygen atoms in total. The first-order valence-electron chi connectivity index (χ1n) is 10.3. The third-order valence-corrected chi connectivity index (χ3v) is 6.51. The zero-order valence-corrected chi connectivity index (χ0v) is 19.5. The van der Waals surface area contributed by atoms with Crippen molar-refractivity contribution in [1.29, 1.82) is 0 Å². The van der Waals surface area contributed by atoms with Crippen LogP contribution in [0.4, 0.5) is 17.1 Å². The molecule has 0 fully saturated rings. The molecule has 0 bridgehead atoms. The number of thioether (sulfide) groups is 1. The van der Waals surface area contributed by atoms with E-state index in [-0.39, 0.29) is 17.7 Å². The maximum atomic E-state index is 13.1. The Bertz CT molecular complexity index is 1130. The number of carbonyl (C=O) groups is 1. The standard InChI is InChI=1S/C23H24N6OS2/c1-17(2)29(20-12-10-19(11-13-20)24-18-7-4-3-5-8-18)22(30)16-32-23-25-26-27-28(23)15-21-9-6-14-31-21/h3-14,17,24H,15-16H2,1-2H3. The summed E-state index contributed by atoms with van der Waals surface area (Å²) in [5.74, 6) is 0.270. The zero-order valence-electron chi connectivity index (χ0n) is 17.9. The van der Waals surface area contributed by atoms with Crippen LogP contribution in [0.25, 0.3) is 0 Å². The molecule has 4 rings (SSSR count). The summed E-state index contributed by atoms with van der Waals surface area (Å²) in [5.41, 5.74) is 2.86. The van der Waals surface area contributed by atoms with Crippen molar-refractivity contribution in [2.24, 2.45) is 0 Å². The smallest absolute Gasteiger partial charge is 0.237 e. The van der Waals surface area contributed by atoms with Gasteiger partial charge in [-0.3, -0.25) is 4.79 Å². The molecule has 0 atom stereocenters. The summed E-state index contributed by atoms with van der Waals surface area (Å²) in [6.07, 6.45) is 0. The van der Waals surface area contributed by atoms with Gasteiger partial charge in [-0.1, -0.05) is 36.0 Å². The molecule has 0 saturated carbocycles. The van der Waals surface area contributed by atoms with E-state index in [0.717, 1.165) is 17.1 Å². The zero-order chi connectivity index (χ0) is 22.3. The molecular weight excluding hydrogens is 440 g/mol. The molecule has 0 aliphatic heterocycles. The first-order chi connectivity index (χ1) is 15.6. The van der Waals surface area contributed by atoms with Gasteiger partial charge in [0.15, 0.2) is 0 Å². The molecule has 164 valence electrons. The SMILES string of the molecule is CC(C)N(C(=O)CSc1nnnn1Cc1cccs1)c1ccc(Nc2ccccc2)cc1. The minimum Gasteiger partial charge on any atom is -0.356 e. The van der Waals surface area contributed by atoms with Crippen molar-refractivity contribution in [1.82, 2.24) is 20.2 Å². The van der Waals surface area contributed by atoms with Crippen LogP contribution in [0.2, 0.25) is 0 Å². The number of nitrogens with one attached hydrogen (secondary N) is 1. The van der Waals surface area contributed by atoms with E-state index in [1.165, 1.54) is 16.6 Å². The highest BCUT2D eigenvalue weighted by Crippen LogP contribution is 2.25. The molecule has 32 heavy (non-hydrogen) atoms. The highest BCUT2D eigenvalue weighted by molar-refractivity contribution is 7.99. The van der Waals surface area contributed by atoms with Crippen LogP contribution < -0.4 is 10.2 Å². The molecule has 0 aliphatic carbocycles. The number of benzene rings is 2. The van der Waals surface area contributed by atoms with Crippen molar-refractivity contribution < 1.29 is 4.79 Å². The Labute approximate surface area is 195 Å². The van der Waals surface area contributed by atoms with E-state index in [9.17, 15) is 4.79 Å². The highest BCUT2D eigenvalue weighted by atomic mass is 32.2. The second-order valence-corrected chi connectivity index (χ2v) is 9.36. The van der Waals surface area contributed by atoms with Crippen LogP contribution in [0.3, 0.4) is 0 Å². The number of hydrogen-bond acceptors (Lipinski definition) is 7. The van der Waals surface area contributed by atoms with Gasteiger partial charge in [0.1, 0.15) is 0 Å². The van der Waals surface area contributed by atoms with E-state index < -0.39 is 0 Å². The quantitative estimate of drug-likeness (QED) is 0.349. The molecule has 1 N–H and O–H groups in total. The van der Waals surface area contributed by atoms with Crippen LogP contribution in [-0.2, 0) is 11.3 Å². The van der Waals surface area contributed by atoms with Gasteiger partial charge in [0.05, 0.1) is 12.3 Å². The van der Waals surface area contributed by atoms with Crippen molar-refractivity contribution in [2.75, 3.05) is 16.0 Å². The summed E-state index contributed by atoms with van der Waals surface area (Å²) in [5, 5.41) is 18.0. The average Bonchev–Trinajstić information content (AvgIpc) is 3.47. The monoisotopic (exact) mass is 464 g/mol. The Morgan fingerprint density at radius 3 is 2.50 bits per heavy atom. The fraction of sp³-hybridized carbons (Fsp3) is 0.217. The predicted molar refractivity (Wildman–Crippen MR) is 131 cm³/mol. The second kappa shape index (κ2) is 10.4. The van der Waals surface area contributed by atoms with E-state index in [4.69, 9.17) is 0 Å². The molecule has 0 radical (unpaired) electrons. The van der Waals surface area contributed by atoms with Gasteiger partial charge >= 0.3 is 0 Å². The molecule has 0 aliphatic rings. The Morgan fingerprint density at radius 1 is 1.06 bits per heavy atom. The lowest BCUT2D eigenvalue weighted by molar-refractivity contribution is -0.116. The summed E-state index contributed by atoms with van der Waals surface area (Å²) in [6, 6.07) is 22.0. The fourth-order valence-electron chi connectivity index (χ4n) is 3.27. The van der Waals surface area contributed by atoms with Crippen LogP contribution in [0, 0.1) is 0 Å². The molecule has 2 heterocycles. The van der Waals surface area contributed by atoms with Crippen LogP contribution >= 0.6 is 23.1 Å². The second-order valence-electron chi connectivity index (χ2n) is 7.38. The molecular formula is C23H24N6OS2. The number of carbonyl (C=O) groups excluding carboxylic acids is 1. The van der Waals surface area contributed by atoms with Crippen LogP contribution in [-0.4, -0.2) is 37.9 Å². The lowest BCUT2D eigenvalue weighted by Crippen LogP contribution is -2.38. The third-order valence-electron chi connectivity index (χ3n) is 4.70. The van der Waals surface area contributed by atoms with E-state index in [1.807, 2.05) is 90.9 Å². The van der Waals surface area contributed by atoms with Crippen LogP contribution in [0.1, 0.15) is 18.7 Å². The summed E-state index contributed by atoms with van der Waals surface area (Å²) in [4.78, 5) is 16.1. The number of anilines is 3. The fourth-order valence-corrected chi connectivity index (χ4v) is 4.69. The summed E-state index contributed by atoms with van der Waals surface area (Å²) >= 11 is 3.01. The van der Waals surface area contributed by atoms with Gasteiger partial charge < -0.3 is 10.2 Å². The van der Waals surface area contributed by atoms with Gasteiger partial charge in [-0.25, -0.2) is 4.68 Å². The molecule has 1 amide bonds. The van der Waals surface area contributed by atoms with E-state index >= 15 is 0 Å². The van der Waals surface area contributed by atoms with Crippen LogP contribution in [0.5, 0.6) is 0 Å². The normalized spacial score (nSPS) is 11.0. The molecule has 0 saturated heterocycles. The largest absolute Gasteiger partial charge is 0.356 e. The minimum atomic E-state index is 0.0134. The topological polar surface area (TPSA) is 75.9 Å². The van der Waals surface area contributed by atoms with Crippen molar-refractivity contribution in [3.05, 3.63) is 77.0 Å². The Morgan fingerprint density at radius 2 is 1.81 bits per heavy atom. The minimum absolute atomic E-state index is 0.0134. The van der Waals surface area contributed by atoms with Gasteiger partial charge in [-0.05, 0) is 72.1 Å². The van der Waals surface area contributed by atoms with Crippen molar-refractivity contribution in [2.45, 2.75) is 31.6 Å². The summed E-state index contributed by atoms with van der Waals surface area (Å²) in [6.45, 7) is 4.63. The molecule has 4 aromatic rings. The van der Waals surface area contributed by atoms with Crippen molar-refractivity contribution >= 4 is 46.1 Å². The Balaban J connectivity index is 1.40. The highest BCUT2D eigenvalue weighted by Gasteiger charge is 2.20. The first kappa shape index (κ1) is 22.0. The number of hydrogen-bond donors (Lipinski definition) is 1. The lowest BCUT2D eigenvalue weighted by atomic mass is 10.2. The number of tetrazole rings is 1. The average molecular weight is 465 g/mol. The molecule has 2 aromatic heterocycles. The number of rotatable bonds is 9. The number of amides is 1. The van der Waals surface area contributed by atoms with Gasteiger partial charge in [-0.2, -0.15) is 0 Å². The molecule has 2 aromatic carbocycles. The Kier molecular flexibility index (Phi) is 7.18. The van der Waals surface area contributed by atoms with E-state index in [0.29, 0.717) is 11.7 Å². The van der Waals surface area contributed by atoms with Crippen molar-refractivity contribution in [3.8, 4) is 0 Å². The van der Waals surface area contributed by atoms with Gasteiger partial charge in [-0.15, -0.1) is 16.4 Å². The summed E-state index contributed by atoms with van der Waals surface area (Å²) in [7, 11) is 0. The molecule has 0 unspecified atom stereocenters. The lowest BCUT2D eigenvalue weighted by Gasteiger charge is -2.27. The maximum Gasteiger partial charge on any atom is 0.237 e. The summed E-state index contributed by atoms with van der Waals surface area (Å²) < 4.78 is 1.73. The Hall–Kier alpha value is -3.17. The maximum absolute atomic E-state index is 13.1. The predicted octanol–water partition coefficient (Wildman–Crippen LogP) is 5.06. The number of thiophene rings is 1. The first-order valence-corrected chi connectivity index (χ1v) is 12.1. The van der Waals surface area contributed by atoms with Crippen LogP contribution in [0.15, 0.2) is 77.3 Å². The van der Waals surface area contributed by atoms with E-state index in [2.05, 4.69) is 20.8 Å². The molecule has 0 spiro atoms. The molecule has 9 heteroatoms. The third kappa shape index (κ3) is 5.54. The van der Waals surface area contributed by atoms with Gasteiger partial charge in [0.25, 0.3) is 0 Å². The van der Waals surface area contributed by atoms with Gasteiger partial charge in [0, 0.05) is 28.0 Å².